The maximum absolute atomic E-state index is 12.7. The Morgan fingerprint density at radius 3 is 2.50 bits per heavy atom. The Morgan fingerprint density at radius 1 is 1.33 bits per heavy atom. The summed E-state index contributed by atoms with van der Waals surface area (Å²) in [6.45, 7) is -6.41. The summed E-state index contributed by atoms with van der Waals surface area (Å²) in [6.07, 6.45) is 1.22. The highest BCUT2D eigenvalue weighted by Crippen LogP contribution is 2.44. The molecule has 0 aliphatic carbocycles. The normalized spacial score (nSPS) is 39.2. The molecule has 0 saturated carbocycles. The Kier molecular flexibility index (Phi) is 3.02. The first kappa shape index (κ1) is 10.6. The molecule has 2 saturated heterocycles. The van der Waals surface area contributed by atoms with Crippen molar-refractivity contribution in [2.45, 2.75) is 69.5 Å². The molecule has 4 heteroatoms. The van der Waals surface area contributed by atoms with Gasteiger partial charge in [0, 0.05) is 33.9 Å². The SMILES string of the molecule is [2H]C([2H])([2H])C([2H])(C([2H])([2H])[2H])[N+]1(C)C2CCC1CC(OC(=O)C(CO)c1ccccc1)C2. The number of hydrogen-bond donors (Lipinski definition) is 1. The summed E-state index contributed by atoms with van der Waals surface area (Å²) >= 11 is 0. The monoisotopic (exact) mass is 339 g/mol. The Labute approximate surface area is 154 Å². The number of aliphatic hydroxyl groups excluding tert-OH is 1. The van der Waals surface area contributed by atoms with Crippen molar-refractivity contribution in [3.8, 4) is 0 Å². The molecular weight excluding hydrogens is 302 g/mol. The molecular formula is C20H30NO3+. The second kappa shape index (κ2) is 6.85. The van der Waals surface area contributed by atoms with E-state index in [1.165, 1.54) is 0 Å². The number of hydrogen-bond acceptors (Lipinski definition) is 3. The van der Waals surface area contributed by atoms with E-state index in [2.05, 4.69) is 0 Å². The van der Waals surface area contributed by atoms with Gasteiger partial charge < -0.3 is 14.3 Å². The number of nitrogens with zero attached hydrogens (tertiary/aromatic N) is 1. The number of esters is 1. The fourth-order valence-electron chi connectivity index (χ4n) is 4.31. The maximum atomic E-state index is 12.7. The van der Waals surface area contributed by atoms with Crippen LogP contribution in [-0.2, 0) is 9.53 Å². The predicted octanol–water partition coefficient (Wildman–Crippen LogP) is 2.85. The van der Waals surface area contributed by atoms with E-state index in [0.29, 0.717) is 31.2 Å². The Balaban J connectivity index is 1.82. The van der Waals surface area contributed by atoms with Gasteiger partial charge in [0.25, 0.3) is 0 Å². The maximum Gasteiger partial charge on any atom is 0.316 e. The molecule has 132 valence electrons. The number of benzene rings is 1. The van der Waals surface area contributed by atoms with Gasteiger partial charge in [-0.2, -0.15) is 0 Å². The average molecular weight is 340 g/mol. The third kappa shape index (κ3) is 2.98. The van der Waals surface area contributed by atoms with Crippen LogP contribution in [0.25, 0.3) is 0 Å². The molecule has 4 nitrogen and oxygen atoms in total. The summed E-state index contributed by atoms with van der Waals surface area (Å²) in [5, 5.41) is 9.71. The van der Waals surface area contributed by atoms with Gasteiger partial charge in [0.2, 0.25) is 0 Å². The quantitative estimate of drug-likeness (QED) is 0.663. The van der Waals surface area contributed by atoms with Crippen molar-refractivity contribution >= 4 is 5.97 Å². The molecule has 1 aromatic carbocycles. The second-order valence-electron chi connectivity index (χ2n) is 7.06. The standard InChI is InChI=1S/C20H30NO3/c1-14(2)21(3)16-9-10-17(21)12-18(11-16)24-20(23)19(13-22)15-7-5-4-6-8-15/h4-8,14,16-19,22H,9-13H2,1-3H3/q+1/i1D3,2D3,14D. The van der Waals surface area contributed by atoms with Crippen LogP contribution in [0, 0.1) is 0 Å². The molecule has 1 N–H and O–H groups in total. The first-order valence-corrected chi connectivity index (χ1v) is 8.49. The highest BCUT2D eigenvalue weighted by molar-refractivity contribution is 5.78. The molecule has 0 aromatic heterocycles. The Hall–Kier alpha value is -1.39. The summed E-state index contributed by atoms with van der Waals surface area (Å²) < 4.78 is 61.5. The van der Waals surface area contributed by atoms with E-state index in [4.69, 9.17) is 14.3 Å². The summed E-state index contributed by atoms with van der Waals surface area (Å²) in [5.74, 6) is -1.38. The number of ether oxygens (including phenoxy) is 1. The van der Waals surface area contributed by atoms with Crippen LogP contribution in [0.2, 0.25) is 0 Å². The topological polar surface area (TPSA) is 46.5 Å². The zero-order valence-corrected chi connectivity index (χ0v) is 13.9. The van der Waals surface area contributed by atoms with Crippen LogP contribution in [0.3, 0.4) is 0 Å². The number of carbonyl (C=O) groups is 1. The van der Waals surface area contributed by atoms with E-state index in [1.807, 2.05) is 6.07 Å². The third-order valence-corrected chi connectivity index (χ3v) is 5.85. The molecule has 3 rings (SSSR count). The van der Waals surface area contributed by atoms with Crippen LogP contribution < -0.4 is 0 Å². The van der Waals surface area contributed by atoms with Crippen LogP contribution in [0.5, 0.6) is 0 Å². The van der Waals surface area contributed by atoms with Gasteiger partial charge in [-0.05, 0) is 19.3 Å². The summed E-state index contributed by atoms with van der Waals surface area (Å²) in [7, 11) is 1.56. The van der Waals surface area contributed by atoms with Gasteiger partial charge in [-0.15, -0.1) is 0 Å². The van der Waals surface area contributed by atoms with Crippen LogP contribution in [0.1, 0.15) is 60.5 Å². The van der Waals surface area contributed by atoms with Crippen molar-refractivity contribution in [3.63, 3.8) is 0 Å². The minimum absolute atomic E-state index is 0.290. The second-order valence-corrected chi connectivity index (χ2v) is 7.06. The van der Waals surface area contributed by atoms with Crippen LogP contribution in [0.4, 0.5) is 0 Å². The van der Waals surface area contributed by atoms with Crippen LogP contribution in [0.15, 0.2) is 30.3 Å². The van der Waals surface area contributed by atoms with Gasteiger partial charge >= 0.3 is 5.97 Å². The van der Waals surface area contributed by atoms with Crippen molar-refractivity contribution in [1.82, 2.24) is 0 Å². The van der Waals surface area contributed by atoms with Gasteiger partial charge in [-0.1, -0.05) is 30.3 Å². The summed E-state index contributed by atoms with van der Waals surface area (Å²) in [4.78, 5) is 12.7. The smallest absolute Gasteiger partial charge is 0.316 e. The largest absolute Gasteiger partial charge is 0.461 e. The average Bonchev–Trinajstić information content (AvgIpc) is 2.85. The minimum Gasteiger partial charge on any atom is -0.461 e. The van der Waals surface area contributed by atoms with Gasteiger partial charge in [0.05, 0.1) is 33.1 Å². The number of quaternary nitrogens is 1. The minimum atomic E-state index is -3.01. The van der Waals surface area contributed by atoms with E-state index in [9.17, 15) is 9.90 Å². The number of carbonyl (C=O) groups excluding carboxylic acids is 1. The van der Waals surface area contributed by atoms with Crippen molar-refractivity contribution in [1.29, 1.82) is 0 Å². The van der Waals surface area contributed by atoms with Crippen molar-refractivity contribution in [2.24, 2.45) is 0 Å². The zero-order chi connectivity index (χ0) is 23.2. The zero-order valence-electron chi connectivity index (χ0n) is 20.9. The lowest BCUT2D eigenvalue weighted by Crippen LogP contribution is -2.62. The highest BCUT2D eigenvalue weighted by Gasteiger charge is 2.53. The van der Waals surface area contributed by atoms with Gasteiger partial charge in [0.15, 0.2) is 0 Å². The number of rotatable bonds is 5. The summed E-state index contributed by atoms with van der Waals surface area (Å²) in [6, 6.07) is 5.32. The molecule has 0 spiro atoms. The van der Waals surface area contributed by atoms with Gasteiger partial charge in [-0.3, -0.25) is 4.79 Å². The first-order valence-electron chi connectivity index (χ1n) is 12.0. The van der Waals surface area contributed by atoms with Gasteiger partial charge in [0.1, 0.15) is 12.0 Å². The molecule has 2 fully saturated rings. The van der Waals surface area contributed by atoms with Crippen molar-refractivity contribution in [2.75, 3.05) is 13.7 Å². The van der Waals surface area contributed by atoms with E-state index >= 15 is 0 Å². The number of aliphatic hydroxyl groups is 1. The molecule has 24 heavy (non-hydrogen) atoms. The predicted molar refractivity (Wildman–Crippen MR) is 93.5 cm³/mol. The molecule has 0 radical (unpaired) electrons. The lowest BCUT2D eigenvalue weighted by atomic mass is 9.94. The third-order valence-electron chi connectivity index (χ3n) is 5.85. The Bertz CT molecular complexity index is 768. The van der Waals surface area contributed by atoms with E-state index in [-0.39, 0.29) is 0 Å². The number of piperidine rings is 1. The van der Waals surface area contributed by atoms with Crippen molar-refractivity contribution in [3.05, 3.63) is 35.9 Å². The highest BCUT2D eigenvalue weighted by atomic mass is 16.5. The van der Waals surface area contributed by atoms with Gasteiger partial charge in [-0.25, -0.2) is 0 Å². The molecule has 2 aliphatic heterocycles. The molecule has 0 amide bonds. The molecule has 3 unspecified atom stereocenters. The van der Waals surface area contributed by atoms with Crippen LogP contribution >= 0.6 is 0 Å². The fraction of sp³-hybridized carbons (Fsp3) is 0.650. The lowest BCUT2D eigenvalue weighted by molar-refractivity contribution is -0.968. The lowest BCUT2D eigenvalue weighted by Gasteiger charge is -2.49. The molecule has 1 aromatic rings. The summed E-state index contributed by atoms with van der Waals surface area (Å²) in [5.41, 5.74) is 0.643. The van der Waals surface area contributed by atoms with E-state index in [0.717, 1.165) is 0 Å². The van der Waals surface area contributed by atoms with E-state index < -0.39 is 60.9 Å². The fourth-order valence-corrected chi connectivity index (χ4v) is 4.31. The molecule has 2 bridgehead atoms. The number of fused-ring (bicyclic) bond motifs is 2. The molecule has 3 atom stereocenters. The molecule has 2 aliphatic rings. The first-order chi connectivity index (χ1) is 14.3. The van der Waals surface area contributed by atoms with E-state index in [1.54, 1.807) is 31.3 Å². The van der Waals surface area contributed by atoms with Crippen LogP contribution in [-0.4, -0.2) is 53.4 Å². The van der Waals surface area contributed by atoms with Crippen molar-refractivity contribution < 1.29 is 28.7 Å². The Morgan fingerprint density at radius 2 is 1.96 bits per heavy atom. The molecule has 2 heterocycles.